The molecule has 0 aromatic carbocycles. The van der Waals surface area contributed by atoms with Crippen molar-refractivity contribution in [2.24, 2.45) is 5.73 Å². The molecule has 10 nitrogen and oxygen atoms in total. The minimum Gasteiger partial charge on any atom is -0.474 e. The summed E-state index contributed by atoms with van der Waals surface area (Å²) >= 11 is 0. The minimum atomic E-state index is -2.79. The Morgan fingerprint density at radius 1 is 1.20 bits per heavy atom. The number of hydrogen-bond acceptors (Lipinski definition) is 10. The van der Waals surface area contributed by atoms with Gasteiger partial charge < -0.3 is 20.5 Å². The number of fused-ring (bicyclic) bond motifs is 2. The van der Waals surface area contributed by atoms with Gasteiger partial charge in [0.2, 0.25) is 5.88 Å². The molecular formula is C30H42N6O4S. The van der Waals surface area contributed by atoms with Crippen LogP contribution in [0, 0.1) is 4.78 Å². The first-order valence-electron chi connectivity index (χ1n) is 13.8. The monoisotopic (exact) mass is 582 g/mol. The summed E-state index contributed by atoms with van der Waals surface area (Å²) < 4.78 is 31.5. The van der Waals surface area contributed by atoms with Crippen molar-refractivity contribution in [3.63, 3.8) is 0 Å². The van der Waals surface area contributed by atoms with Gasteiger partial charge in [0, 0.05) is 45.8 Å². The number of carbonyl (C=O) groups excluding carboxylic acids is 1. The second-order valence-corrected chi connectivity index (χ2v) is 15.4. The number of carbonyl (C=O) groups is 1. The van der Waals surface area contributed by atoms with Crippen LogP contribution >= 0.6 is 0 Å². The molecule has 0 amide bonds. The molecule has 0 saturated carbocycles. The van der Waals surface area contributed by atoms with Crippen LogP contribution in [0.1, 0.15) is 89.8 Å². The lowest BCUT2D eigenvalue weighted by Gasteiger charge is -2.36. The van der Waals surface area contributed by atoms with E-state index in [1.165, 1.54) is 6.26 Å². The Kier molecular flexibility index (Phi) is 7.85. The number of hydrogen-bond donors (Lipinski definition) is 3. The number of ether oxygens (including phenoxy) is 2. The van der Waals surface area contributed by atoms with Gasteiger partial charge in [-0.2, -0.15) is 0 Å². The molecular weight excluding hydrogens is 540 g/mol. The lowest BCUT2D eigenvalue weighted by molar-refractivity contribution is 0.00864. The molecule has 0 bridgehead atoms. The van der Waals surface area contributed by atoms with Crippen LogP contribution in [0.5, 0.6) is 5.88 Å². The second-order valence-electron chi connectivity index (χ2n) is 12.6. The molecule has 1 aliphatic heterocycles. The number of anilines is 2. The van der Waals surface area contributed by atoms with Gasteiger partial charge in [0.25, 0.3) is 0 Å². The third kappa shape index (κ3) is 5.88. The quantitative estimate of drug-likeness (QED) is 0.266. The van der Waals surface area contributed by atoms with Crippen LogP contribution in [-0.4, -0.2) is 48.3 Å². The summed E-state index contributed by atoms with van der Waals surface area (Å²) in [6, 6.07) is 5.37. The number of esters is 1. The summed E-state index contributed by atoms with van der Waals surface area (Å²) in [5, 5.41) is 4.82. The van der Waals surface area contributed by atoms with Gasteiger partial charge in [-0.1, -0.05) is 20.8 Å². The van der Waals surface area contributed by atoms with Gasteiger partial charge in [0.05, 0.1) is 27.5 Å². The standard InChI is InChI=1S/C30H42N6O4S/c1-10-30(8,31)22-16-34-26(39-17(2)14-28(4,5)41(9,32)38)21-15-33-24(13-20(21)22)35-23-12-11-19-25(36-23)29(6,7)18(3)40-27(19)37/h11-13,15-18,32H,10,14,31H2,1-9H3,(H,33,35,36)/t17-,18-,30-,41?/m1/s1. The zero-order valence-electron chi connectivity index (χ0n) is 25.4. The lowest BCUT2D eigenvalue weighted by atomic mass is 9.79. The summed E-state index contributed by atoms with van der Waals surface area (Å²) in [4.78, 5) is 26.5. The summed E-state index contributed by atoms with van der Waals surface area (Å²) in [6.45, 7) is 15.4. The number of cyclic esters (lactones) is 1. The maximum absolute atomic E-state index is 12.5. The summed E-state index contributed by atoms with van der Waals surface area (Å²) in [7, 11) is -2.79. The molecule has 4 atom stereocenters. The topological polar surface area (TPSA) is 153 Å². The van der Waals surface area contributed by atoms with E-state index in [0.717, 1.165) is 10.9 Å². The molecule has 0 spiro atoms. The van der Waals surface area contributed by atoms with Crippen LogP contribution in [0.25, 0.3) is 10.8 Å². The van der Waals surface area contributed by atoms with Gasteiger partial charge in [-0.05, 0) is 70.2 Å². The molecule has 3 aromatic heterocycles. The van der Waals surface area contributed by atoms with E-state index in [1.54, 1.807) is 24.5 Å². The molecule has 4 rings (SSSR count). The molecule has 1 aliphatic rings. The van der Waals surface area contributed by atoms with Crippen molar-refractivity contribution < 1.29 is 18.5 Å². The zero-order valence-corrected chi connectivity index (χ0v) is 26.2. The normalized spacial score (nSPS) is 20.3. The van der Waals surface area contributed by atoms with E-state index in [0.29, 0.717) is 47.0 Å². The third-order valence-electron chi connectivity index (χ3n) is 8.51. The smallest absolute Gasteiger partial charge is 0.340 e. The van der Waals surface area contributed by atoms with Crippen LogP contribution in [0.4, 0.5) is 11.6 Å². The molecule has 4 heterocycles. The van der Waals surface area contributed by atoms with E-state index in [4.69, 9.17) is 25.0 Å². The first-order chi connectivity index (χ1) is 18.9. The molecule has 0 radical (unpaired) electrons. The molecule has 0 aliphatic carbocycles. The van der Waals surface area contributed by atoms with Gasteiger partial charge in [0.1, 0.15) is 17.7 Å². The summed E-state index contributed by atoms with van der Waals surface area (Å²) in [5.41, 5.74) is 7.56. The van der Waals surface area contributed by atoms with Crippen molar-refractivity contribution in [1.82, 2.24) is 15.0 Å². The van der Waals surface area contributed by atoms with Crippen LogP contribution in [-0.2, 0) is 25.4 Å². The van der Waals surface area contributed by atoms with Crippen molar-refractivity contribution in [2.75, 3.05) is 11.6 Å². The molecule has 11 heteroatoms. The lowest BCUT2D eigenvalue weighted by Crippen LogP contribution is -2.42. The predicted octanol–water partition coefficient (Wildman–Crippen LogP) is 5.80. The fourth-order valence-electron chi connectivity index (χ4n) is 4.88. The third-order valence-corrected chi connectivity index (χ3v) is 10.8. The number of nitrogens with one attached hydrogen (secondary N) is 2. The van der Waals surface area contributed by atoms with Gasteiger partial charge >= 0.3 is 5.97 Å². The fraction of sp³-hybridized carbons (Fsp3) is 0.533. The molecule has 1 unspecified atom stereocenters. The summed E-state index contributed by atoms with van der Waals surface area (Å²) in [6.07, 6.45) is 5.34. The van der Waals surface area contributed by atoms with Crippen LogP contribution in [0.2, 0.25) is 0 Å². The SMILES string of the molecule is CC[C@@](C)(N)c1cnc(O[C@H](C)CC(C)(C)S(C)(=N)=O)c2cnc(Nc3ccc4c(n3)C(C)(C)[C@@H](C)OC4=O)cc12. The maximum atomic E-state index is 12.5. The van der Waals surface area contributed by atoms with E-state index in [-0.39, 0.29) is 18.2 Å². The highest BCUT2D eigenvalue weighted by Gasteiger charge is 2.41. The Morgan fingerprint density at radius 3 is 2.51 bits per heavy atom. The summed E-state index contributed by atoms with van der Waals surface area (Å²) in [5.74, 6) is 1.13. The highest BCUT2D eigenvalue weighted by molar-refractivity contribution is 7.93. The number of rotatable bonds is 9. The number of aromatic nitrogens is 3. The van der Waals surface area contributed by atoms with Crippen molar-refractivity contribution in [1.29, 1.82) is 4.78 Å². The Balaban J connectivity index is 1.73. The largest absolute Gasteiger partial charge is 0.474 e. The van der Waals surface area contributed by atoms with Crippen molar-refractivity contribution in [3.8, 4) is 5.88 Å². The Morgan fingerprint density at radius 2 is 1.88 bits per heavy atom. The van der Waals surface area contributed by atoms with Crippen molar-refractivity contribution in [3.05, 3.63) is 47.4 Å². The van der Waals surface area contributed by atoms with E-state index in [2.05, 4.69) is 15.3 Å². The molecule has 41 heavy (non-hydrogen) atoms. The van der Waals surface area contributed by atoms with Crippen molar-refractivity contribution >= 4 is 38.1 Å². The molecule has 4 N–H and O–H groups in total. The van der Waals surface area contributed by atoms with Gasteiger partial charge in [-0.3, -0.25) is 4.78 Å². The van der Waals surface area contributed by atoms with E-state index in [9.17, 15) is 9.00 Å². The van der Waals surface area contributed by atoms with Gasteiger partial charge in [-0.25, -0.2) is 24.0 Å². The van der Waals surface area contributed by atoms with Crippen LogP contribution < -0.4 is 15.8 Å². The molecule has 0 saturated heterocycles. The van der Waals surface area contributed by atoms with E-state index >= 15 is 0 Å². The van der Waals surface area contributed by atoms with Crippen LogP contribution in [0.3, 0.4) is 0 Å². The van der Waals surface area contributed by atoms with E-state index < -0.39 is 25.4 Å². The Hall–Kier alpha value is -3.31. The van der Waals surface area contributed by atoms with Crippen LogP contribution in [0.15, 0.2) is 30.6 Å². The highest BCUT2D eigenvalue weighted by atomic mass is 32.2. The van der Waals surface area contributed by atoms with Gasteiger partial charge in [-0.15, -0.1) is 0 Å². The molecule has 222 valence electrons. The average Bonchev–Trinajstić information content (AvgIpc) is 2.86. The van der Waals surface area contributed by atoms with Crippen molar-refractivity contribution in [2.45, 2.75) is 96.1 Å². The molecule has 3 aromatic rings. The molecule has 0 fully saturated rings. The maximum Gasteiger partial charge on any atom is 0.340 e. The number of pyridine rings is 3. The number of nitrogens with zero attached hydrogens (tertiary/aromatic N) is 3. The number of nitrogens with two attached hydrogens (primary N) is 1. The first-order valence-corrected chi connectivity index (χ1v) is 15.8. The Labute approximate surface area is 242 Å². The fourth-order valence-corrected chi connectivity index (χ4v) is 5.43. The first kappa shape index (κ1) is 30.6. The minimum absolute atomic E-state index is 0.313. The average molecular weight is 583 g/mol. The predicted molar refractivity (Wildman–Crippen MR) is 162 cm³/mol. The zero-order chi connectivity index (χ0) is 30.5. The Bertz CT molecular complexity index is 1600. The second kappa shape index (κ2) is 10.5. The highest BCUT2D eigenvalue weighted by Crippen LogP contribution is 2.38. The van der Waals surface area contributed by atoms with E-state index in [1.807, 2.05) is 61.5 Å². The van der Waals surface area contributed by atoms with Gasteiger partial charge in [0.15, 0.2) is 0 Å².